The normalized spacial score (nSPS) is 10.9. The highest BCUT2D eigenvalue weighted by atomic mass is 16.4. The second-order valence-corrected chi connectivity index (χ2v) is 11.5. The van der Waals surface area contributed by atoms with Crippen molar-refractivity contribution in [2.75, 3.05) is 11.1 Å². The number of rotatable bonds is 13. The molecule has 1 atom stereocenters. The molecule has 0 aliphatic rings. The minimum atomic E-state index is -1.31. The number of aliphatic hydroxyl groups is 2. The number of hydrogen-bond donors (Lipinski definition) is 10. The molecular formula is C35H37N9O12. The van der Waals surface area contributed by atoms with E-state index in [9.17, 15) is 39.0 Å². The molecule has 21 heteroatoms. The summed E-state index contributed by atoms with van der Waals surface area (Å²) in [5.41, 5.74) is 8.15. The Morgan fingerprint density at radius 1 is 0.857 bits per heavy atom. The molecule has 0 fully saturated rings. The third-order valence-corrected chi connectivity index (χ3v) is 7.65. The van der Waals surface area contributed by atoms with E-state index in [4.69, 9.17) is 26.2 Å². The lowest BCUT2D eigenvalue weighted by Crippen LogP contribution is -2.41. The van der Waals surface area contributed by atoms with Gasteiger partial charge in [-0.3, -0.25) is 38.9 Å². The van der Waals surface area contributed by atoms with Crippen LogP contribution in [0.5, 0.6) is 11.5 Å². The first-order valence-corrected chi connectivity index (χ1v) is 16.2. The summed E-state index contributed by atoms with van der Waals surface area (Å²) >= 11 is 0. The van der Waals surface area contributed by atoms with Crippen molar-refractivity contribution in [3.8, 4) is 11.5 Å². The molecular weight excluding hydrogens is 738 g/mol. The van der Waals surface area contributed by atoms with Crippen LogP contribution in [-0.4, -0.2) is 97.0 Å². The molecule has 5 aromatic rings. The second kappa shape index (κ2) is 20.2. The van der Waals surface area contributed by atoms with Crippen LogP contribution in [-0.2, 0) is 29.3 Å². The number of carbonyl (C=O) groups excluding carboxylic acids is 3. The van der Waals surface area contributed by atoms with Gasteiger partial charge in [0.15, 0.2) is 23.7 Å². The fourth-order valence-corrected chi connectivity index (χ4v) is 4.57. The smallest absolute Gasteiger partial charge is 0.326 e. The zero-order chi connectivity index (χ0) is 41.5. The average molecular weight is 776 g/mol. The highest BCUT2D eigenvalue weighted by Gasteiger charge is 2.21. The number of H-pyrrole nitrogens is 1. The Morgan fingerprint density at radius 2 is 1.41 bits per heavy atom. The van der Waals surface area contributed by atoms with Crippen molar-refractivity contribution < 1.29 is 54.6 Å². The summed E-state index contributed by atoms with van der Waals surface area (Å²) in [6.07, 6.45) is 4.61. The predicted molar refractivity (Wildman–Crippen MR) is 196 cm³/mol. The first-order valence-electron chi connectivity index (χ1n) is 16.2. The monoisotopic (exact) mass is 775 g/mol. The average Bonchev–Trinajstić information content (AvgIpc) is 3.18. The van der Waals surface area contributed by atoms with Gasteiger partial charge in [-0.2, -0.15) is 4.98 Å². The Morgan fingerprint density at radius 3 is 1.89 bits per heavy atom. The number of carbonyl (C=O) groups is 5. The van der Waals surface area contributed by atoms with E-state index in [1.807, 2.05) is 0 Å². The number of carboxylic acids is 2. The summed E-state index contributed by atoms with van der Waals surface area (Å²) in [7, 11) is 0. The number of aromatic nitrogens is 6. The van der Waals surface area contributed by atoms with Gasteiger partial charge in [-0.25, -0.2) is 14.8 Å². The zero-order valence-corrected chi connectivity index (χ0v) is 29.8. The van der Waals surface area contributed by atoms with Gasteiger partial charge in [0.2, 0.25) is 5.95 Å². The number of nitrogens with zero attached hydrogens (tertiary/aromatic N) is 5. The minimum absolute atomic E-state index is 0.0524. The number of fused-ring (bicyclic) bond motifs is 1. The van der Waals surface area contributed by atoms with Gasteiger partial charge in [0.1, 0.15) is 17.5 Å². The Labute approximate surface area is 316 Å². The van der Waals surface area contributed by atoms with Gasteiger partial charge in [0, 0.05) is 41.2 Å². The third-order valence-electron chi connectivity index (χ3n) is 7.65. The maximum atomic E-state index is 12.3. The maximum absolute atomic E-state index is 12.3. The van der Waals surface area contributed by atoms with Gasteiger partial charge < -0.3 is 47.0 Å². The number of amides is 1. The highest BCUT2D eigenvalue weighted by Crippen LogP contribution is 2.22. The van der Waals surface area contributed by atoms with Crippen LogP contribution in [0.3, 0.4) is 0 Å². The Balaban J connectivity index is 0.000000285. The van der Waals surface area contributed by atoms with E-state index in [1.54, 1.807) is 26.0 Å². The van der Waals surface area contributed by atoms with Crippen LogP contribution < -0.4 is 21.9 Å². The maximum Gasteiger partial charge on any atom is 0.326 e. The van der Waals surface area contributed by atoms with E-state index < -0.39 is 29.4 Å². The molecule has 0 saturated heterocycles. The summed E-state index contributed by atoms with van der Waals surface area (Å²) in [4.78, 5) is 89.1. The molecule has 0 aliphatic heterocycles. The summed E-state index contributed by atoms with van der Waals surface area (Å²) in [6, 6.07) is 4.86. The zero-order valence-electron chi connectivity index (χ0n) is 29.8. The molecule has 294 valence electrons. The van der Waals surface area contributed by atoms with Crippen molar-refractivity contribution in [2.24, 2.45) is 0 Å². The quantitative estimate of drug-likeness (QED) is 0.0738. The van der Waals surface area contributed by atoms with Gasteiger partial charge in [0.25, 0.3) is 11.5 Å². The molecule has 11 N–H and O–H groups in total. The standard InChI is InChI=1S/C19H19N7O6.2C8H9NO3/c20-19-25-15-14(17(30)26-19)23-11(8-22-15)7-21-10-3-1-9(2-4-10)16(29)24-12(18(31)32)5-6-13(27)28;2*1-5-8(12)7(4-11)6(3-10)2-9-5/h1-4,8,12,21H,5-7H2,(H,24,29)(H,27,28)(H,31,32)(H3,20,22,25,26,30);2*2,4,10,12H,3H2,1H3/t12-;;/m0../s1. The fourth-order valence-electron chi connectivity index (χ4n) is 4.57. The first-order chi connectivity index (χ1) is 26.6. The Kier molecular flexibility index (Phi) is 15.5. The predicted octanol–water partition coefficient (Wildman–Crippen LogP) is 0.756. The number of aromatic amines is 1. The van der Waals surface area contributed by atoms with Crippen molar-refractivity contribution in [2.45, 2.75) is 52.5 Å². The van der Waals surface area contributed by atoms with E-state index in [2.05, 4.69) is 40.5 Å². The second-order valence-electron chi connectivity index (χ2n) is 11.5. The highest BCUT2D eigenvalue weighted by molar-refractivity contribution is 5.97. The molecule has 4 heterocycles. The van der Waals surface area contributed by atoms with Gasteiger partial charge in [-0.05, 0) is 44.5 Å². The topological polar surface area (TPSA) is 354 Å². The molecule has 0 radical (unpaired) electrons. The lowest BCUT2D eigenvalue weighted by atomic mass is 10.1. The fraction of sp³-hybridized carbons (Fsp3) is 0.229. The molecule has 0 spiro atoms. The van der Waals surface area contributed by atoms with E-state index >= 15 is 0 Å². The SMILES string of the molecule is Cc1ncc(CO)c(C=O)c1O.Cc1ncc(CO)c(C=O)c1O.Nc1nc2ncc(CNc3ccc(C(=O)N[C@@H](CCC(=O)O)C(=O)O)cc3)nc2c(=O)[nH]1. The number of carboxylic acid groups (broad SMARTS) is 2. The van der Waals surface area contributed by atoms with E-state index in [0.29, 0.717) is 46.5 Å². The van der Waals surface area contributed by atoms with Crippen molar-refractivity contribution in [3.63, 3.8) is 0 Å². The van der Waals surface area contributed by atoms with Crippen molar-refractivity contribution in [1.29, 1.82) is 0 Å². The van der Waals surface area contributed by atoms with Crippen LogP contribution in [0.15, 0.2) is 47.7 Å². The largest absolute Gasteiger partial charge is 0.505 e. The number of aliphatic hydroxyl groups excluding tert-OH is 2. The van der Waals surface area contributed by atoms with E-state index in [1.165, 1.54) is 30.7 Å². The lowest BCUT2D eigenvalue weighted by molar-refractivity contribution is -0.140. The van der Waals surface area contributed by atoms with Gasteiger partial charge in [0.05, 0.1) is 54.2 Å². The van der Waals surface area contributed by atoms with E-state index in [0.717, 1.165) is 0 Å². The molecule has 21 nitrogen and oxygen atoms in total. The van der Waals surface area contributed by atoms with Crippen LogP contribution >= 0.6 is 0 Å². The number of nitrogens with two attached hydrogens (primary N) is 1. The Bertz CT molecular complexity index is 2220. The number of hydrogen-bond acceptors (Lipinski definition) is 17. The molecule has 56 heavy (non-hydrogen) atoms. The summed E-state index contributed by atoms with van der Waals surface area (Å²) in [6.45, 7) is 2.81. The number of aldehydes is 2. The molecule has 0 saturated carbocycles. The van der Waals surface area contributed by atoms with Crippen LogP contribution in [0.2, 0.25) is 0 Å². The number of nitrogen functional groups attached to an aromatic ring is 1. The van der Waals surface area contributed by atoms with Crippen molar-refractivity contribution in [3.05, 3.63) is 98.1 Å². The Hall–Kier alpha value is -7.39. The minimum Gasteiger partial charge on any atom is -0.505 e. The van der Waals surface area contributed by atoms with Crippen molar-refractivity contribution >= 4 is 53.2 Å². The number of benzene rings is 1. The number of nitrogens with one attached hydrogen (secondary N) is 3. The number of anilines is 2. The number of aromatic hydroxyl groups is 2. The summed E-state index contributed by atoms with van der Waals surface area (Å²) in [5, 5.41) is 59.3. The lowest BCUT2D eigenvalue weighted by Gasteiger charge is -2.14. The van der Waals surface area contributed by atoms with Crippen LogP contribution in [0.25, 0.3) is 11.2 Å². The molecule has 1 amide bonds. The van der Waals surface area contributed by atoms with Gasteiger partial charge in [-0.15, -0.1) is 0 Å². The van der Waals surface area contributed by atoms with E-state index in [-0.39, 0.29) is 77.9 Å². The summed E-state index contributed by atoms with van der Waals surface area (Å²) in [5.74, 6) is -3.47. The molecule has 0 bridgehead atoms. The third kappa shape index (κ3) is 11.6. The first kappa shape index (κ1) is 43.0. The molecule has 4 aromatic heterocycles. The molecule has 0 unspecified atom stereocenters. The van der Waals surface area contributed by atoms with Crippen molar-refractivity contribution in [1.82, 2.24) is 35.2 Å². The number of aliphatic carboxylic acids is 2. The van der Waals surface area contributed by atoms with Gasteiger partial charge in [-0.1, -0.05) is 0 Å². The van der Waals surface area contributed by atoms with Crippen LogP contribution in [0.1, 0.15) is 72.1 Å². The molecule has 1 aromatic carbocycles. The van der Waals surface area contributed by atoms with Crippen LogP contribution in [0.4, 0.5) is 11.6 Å². The number of pyridine rings is 2. The summed E-state index contributed by atoms with van der Waals surface area (Å²) < 4.78 is 0. The van der Waals surface area contributed by atoms with Crippen LogP contribution in [0, 0.1) is 13.8 Å². The molecule has 0 aliphatic carbocycles. The van der Waals surface area contributed by atoms with Gasteiger partial charge >= 0.3 is 11.9 Å². The number of aryl methyl sites for hydroxylation is 2. The molecule has 5 rings (SSSR count).